The molecule has 1 aliphatic heterocycles. The minimum absolute atomic E-state index is 0.0171. The van der Waals surface area contributed by atoms with E-state index >= 15 is 8.78 Å². The number of carbonyl (C=O) groups excluding carboxylic acids is 2. The molecule has 3 aliphatic carbocycles. The number of alkyl halides is 2. The van der Waals surface area contributed by atoms with Crippen LogP contribution in [0.4, 0.5) is 8.78 Å². The fourth-order valence-corrected chi connectivity index (χ4v) is 6.32. The van der Waals surface area contributed by atoms with Crippen LogP contribution in [0.15, 0.2) is 23.8 Å². The van der Waals surface area contributed by atoms with Crippen LogP contribution in [-0.2, 0) is 14.3 Å². The monoisotopic (exact) mass is 384 g/mol. The van der Waals surface area contributed by atoms with Crippen molar-refractivity contribution in [1.29, 1.82) is 0 Å². The van der Waals surface area contributed by atoms with E-state index in [1.54, 1.807) is 13.8 Å². The summed E-state index contributed by atoms with van der Waals surface area (Å²) in [6.45, 7) is 3.46. The van der Waals surface area contributed by atoms with Crippen LogP contribution >= 0.6 is 12.6 Å². The molecule has 26 heavy (non-hydrogen) atoms. The predicted octanol–water partition coefficient (Wildman–Crippen LogP) is 2.37. The molecule has 1 heterocycles. The summed E-state index contributed by atoms with van der Waals surface area (Å²) in [6, 6.07) is 0. The van der Waals surface area contributed by atoms with Gasteiger partial charge >= 0.3 is 0 Å². The summed E-state index contributed by atoms with van der Waals surface area (Å²) < 4.78 is 37.2. The molecule has 4 rings (SSSR count). The number of hydrogen-bond acceptors (Lipinski definition) is 4. The van der Waals surface area contributed by atoms with Gasteiger partial charge in [-0.1, -0.05) is 13.0 Å². The van der Waals surface area contributed by atoms with Crippen LogP contribution in [0.3, 0.4) is 0 Å². The Morgan fingerprint density at radius 3 is 2.73 bits per heavy atom. The van der Waals surface area contributed by atoms with Gasteiger partial charge in [0.15, 0.2) is 11.5 Å². The zero-order chi connectivity index (χ0) is 19.1. The van der Waals surface area contributed by atoms with Crippen molar-refractivity contribution < 1.29 is 28.2 Å². The third-order valence-electron chi connectivity index (χ3n) is 7.33. The minimum atomic E-state index is -2.14. The van der Waals surface area contributed by atoms with Gasteiger partial charge in [-0.25, -0.2) is 8.78 Å². The maximum Gasteiger partial charge on any atom is 0.215 e. The molecular formula is C19H22F2O4S. The molecule has 1 saturated heterocycles. The number of hydrogen-bond donors (Lipinski definition) is 2. The van der Waals surface area contributed by atoms with Gasteiger partial charge in [-0.15, -0.1) is 12.6 Å². The van der Waals surface area contributed by atoms with Gasteiger partial charge in [0.25, 0.3) is 0 Å². The molecule has 7 heteroatoms. The van der Waals surface area contributed by atoms with Crippen LogP contribution in [0.2, 0.25) is 0 Å². The first-order valence-corrected chi connectivity index (χ1v) is 9.31. The highest BCUT2D eigenvalue weighted by molar-refractivity contribution is 7.96. The number of rotatable bonds is 1. The maximum atomic E-state index is 16.6. The molecule has 0 amide bonds. The molecule has 1 N–H and O–H groups in total. The Hall–Kier alpha value is -1.05. The third-order valence-corrected chi connectivity index (χ3v) is 7.56. The number of halogens is 2. The molecule has 0 spiro atoms. The molecule has 0 aromatic rings. The first-order chi connectivity index (χ1) is 12.1. The fraction of sp³-hybridized carbons (Fsp3) is 0.684. The molecule has 142 valence electrons. The van der Waals surface area contributed by atoms with E-state index in [2.05, 4.69) is 12.6 Å². The van der Waals surface area contributed by atoms with E-state index in [0.29, 0.717) is 0 Å². The lowest BCUT2D eigenvalue weighted by Gasteiger charge is -2.61. The second-order valence-electron chi connectivity index (χ2n) is 8.50. The highest BCUT2D eigenvalue weighted by Gasteiger charge is 2.72. The number of ether oxygens (including phenoxy) is 1. The van der Waals surface area contributed by atoms with Gasteiger partial charge < -0.3 is 9.84 Å². The zero-order valence-electron chi connectivity index (χ0n) is 14.6. The zero-order valence-corrected chi connectivity index (χ0v) is 15.5. The predicted molar refractivity (Wildman–Crippen MR) is 93.1 cm³/mol. The van der Waals surface area contributed by atoms with E-state index in [-0.39, 0.29) is 30.8 Å². The molecule has 4 nitrogen and oxygen atoms in total. The summed E-state index contributed by atoms with van der Waals surface area (Å²) >= 11 is 3.88. The lowest BCUT2D eigenvalue weighted by molar-refractivity contribution is -0.195. The highest BCUT2D eigenvalue weighted by atomic mass is 32.1. The van der Waals surface area contributed by atoms with Crippen molar-refractivity contribution in [1.82, 2.24) is 0 Å². The van der Waals surface area contributed by atoms with Crippen molar-refractivity contribution in [2.24, 2.45) is 22.7 Å². The van der Waals surface area contributed by atoms with Crippen molar-refractivity contribution in [2.45, 2.75) is 50.7 Å². The molecule has 0 radical (unpaired) electrons. The topological polar surface area (TPSA) is 63.6 Å². The second kappa shape index (κ2) is 5.49. The first kappa shape index (κ1) is 18.3. The van der Waals surface area contributed by atoms with Crippen molar-refractivity contribution in [3.63, 3.8) is 0 Å². The Kier molecular flexibility index (Phi) is 3.87. The summed E-state index contributed by atoms with van der Waals surface area (Å²) in [6.07, 6.45) is -0.0728. The van der Waals surface area contributed by atoms with Crippen LogP contribution in [0.1, 0.15) is 26.7 Å². The Balaban J connectivity index is 1.84. The molecule has 0 aromatic heterocycles. The van der Waals surface area contributed by atoms with Gasteiger partial charge in [0.2, 0.25) is 5.12 Å². The summed E-state index contributed by atoms with van der Waals surface area (Å²) in [5.74, 6) is -1.62. The van der Waals surface area contributed by atoms with Crippen LogP contribution in [0.5, 0.6) is 0 Å². The van der Waals surface area contributed by atoms with Crippen LogP contribution in [0.25, 0.3) is 0 Å². The van der Waals surface area contributed by atoms with Crippen molar-refractivity contribution >= 4 is 23.5 Å². The lowest BCUT2D eigenvalue weighted by Crippen LogP contribution is -2.68. The van der Waals surface area contributed by atoms with Gasteiger partial charge in [0, 0.05) is 16.7 Å². The van der Waals surface area contributed by atoms with E-state index in [4.69, 9.17) is 4.74 Å². The van der Waals surface area contributed by atoms with Crippen LogP contribution in [-0.4, -0.2) is 46.7 Å². The number of aliphatic hydroxyl groups is 1. The number of aliphatic hydroxyl groups excluding tert-OH is 1. The average Bonchev–Trinajstić information content (AvgIpc) is 2.89. The molecule has 3 fully saturated rings. The standard InChI is InChI=1S/C19H22F2O4S/c1-17-7-14(23)19(21)10(12(17)8-25-15(17)16(24)26)6-13(20)11-5-9(22)3-4-18(11,19)2/h3-5,10,12-15,23H,6-8H2,1-2H3,(H,24,26)/t10?,12?,13-,14-,15+,17?,18?,19-/m0/s1. The lowest BCUT2D eigenvalue weighted by atomic mass is 9.45. The van der Waals surface area contributed by atoms with Crippen LogP contribution < -0.4 is 0 Å². The summed E-state index contributed by atoms with van der Waals surface area (Å²) in [4.78, 5) is 23.6. The molecule has 0 bridgehead atoms. The number of thiol groups is 1. The highest BCUT2D eigenvalue weighted by Crippen LogP contribution is 2.67. The first-order valence-electron chi connectivity index (χ1n) is 8.86. The molecule has 4 aliphatic rings. The fourth-order valence-electron chi connectivity index (χ4n) is 5.95. The van der Waals surface area contributed by atoms with Gasteiger partial charge in [-0.05, 0) is 43.4 Å². The largest absolute Gasteiger partial charge is 0.390 e. The van der Waals surface area contributed by atoms with E-state index < -0.39 is 51.8 Å². The Morgan fingerprint density at radius 1 is 1.38 bits per heavy atom. The SMILES string of the molecule is CC12C[C@H](O)[C@@]3(F)C(C[C@H](F)C4=CC(=O)C=CC43C)C1CO[C@@H]2C(=O)S. The minimum Gasteiger partial charge on any atom is -0.390 e. The summed E-state index contributed by atoms with van der Waals surface area (Å²) in [5, 5.41) is 10.4. The van der Waals surface area contributed by atoms with Crippen molar-refractivity contribution in [3.05, 3.63) is 23.8 Å². The number of fused-ring (bicyclic) bond motifs is 5. The molecular weight excluding hydrogens is 362 g/mol. The molecule has 2 saturated carbocycles. The summed E-state index contributed by atoms with van der Waals surface area (Å²) in [5.41, 5.74) is -4.26. The maximum absolute atomic E-state index is 16.6. The van der Waals surface area contributed by atoms with Gasteiger partial charge in [-0.2, -0.15) is 0 Å². The van der Waals surface area contributed by atoms with Gasteiger partial charge in [0.05, 0.1) is 12.7 Å². The molecule has 0 aromatic carbocycles. The normalized spacial score (nSPS) is 52.8. The van der Waals surface area contributed by atoms with Gasteiger partial charge in [-0.3, -0.25) is 9.59 Å². The number of ketones is 1. The molecule has 8 atom stereocenters. The third kappa shape index (κ3) is 2.02. The summed E-state index contributed by atoms with van der Waals surface area (Å²) in [7, 11) is 0. The number of carbonyl (C=O) groups is 2. The van der Waals surface area contributed by atoms with E-state index in [1.165, 1.54) is 12.2 Å². The van der Waals surface area contributed by atoms with Crippen LogP contribution in [0, 0.1) is 22.7 Å². The molecule has 4 unspecified atom stereocenters. The Labute approximate surface area is 156 Å². The van der Waals surface area contributed by atoms with E-state index in [0.717, 1.165) is 6.08 Å². The Bertz CT molecular complexity index is 752. The van der Waals surface area contributed by atoms with E-state index in [1.807, 2.05) is 0 Å². The van der Waals surface area contributed by atoms with Crippen molar-refractivity contribution in [3.8, 4) is 0 Å². The average molecular weight is 384 g/mol. The Morgan fingerprint density at radius 2 is 2.08 bits per heavy atom. The quantitative estimate of drug-likeness (QED) is 0.682. The van der Waals surface area contributed by atoms with E-state index in [9.17, 15) is 14.7 Å². The van der Waals surface area contributed by atoms with Gasteiger partial charge in [0.1, 0.15) is 12.3 Å². The second-order valence-corrected chi connectivity index (χ2v) is 8.94. The van der Waals surface area contributed by atoms with Crippen molar-refractivity contribution in [2.75, 3.05) is 6.61 Å². The number of allylic oxidation sites excluding steroid dienone is 4. The smallest absolute Gasteiger partial charge is 0.215 e.